The number of alkyl halides is 2. The van der Waals surface area contributed by atoms with Crippen LogP contribution in [0, 0.1) is 5.92 Å². The van der Waals surface area contributed by atoms with E-state index in [1.165, 1.54) is 12.1 Å². The highest BCUT2D eigenvalue weighted by atomic mass is 19.3. The first-order valence-corrected chi connectivity index (χ1v) is 8.11. The van der Waals surface area contributed by atoms with Crippen LogP contribution in [0.25, 0.3) is 11.1 Å². The minimum atomic E-state index is -2.84. The Morgan fingerprint density at radius 2 is 1.92 bits per heavy atom. The van der Waals surface area contributed by atoms with Gasteiger partial charge in [-0.2, -0.15) is 8.78 Å². The van der Waals surface area contributed by atoms with Crippen LogP contribution in [0.4, 0.5) is 8.78 Å². The molecule has 1 saturated heterocycles. The highest BCUT2D eigenvalue weighted by molar-refractivity contribution is 5.64. The van der Waals surface area contributed by atoms with Crippen LogP contribution in [0.5, 0.6) is 5.75 Å². The number of fused-ring (bicyclic) bond motifs is 4. The van der Waals surface area contributed by atoms with E-state index in [1.54, 1.807) is 18.2 Å². The van der Waals surface area contributed by atoms with Crippen molar-refractivity contribution in [3.05, 3.63) is 52.4 Å². The Balaban J connectivity index is 1.70. The molecule has 3 heterocycles. The number of hydrogen-bond acceptors (Lipinski definition) is 3. The fourth-order valence-corrected chi connectivity index (χ4v) is 3.80. The topological polar surface area (TPSA) is 43.3 Å². The number of benzene rings is 1. The molecule has 0 amide bonds. The highest BCUT2D eigenvalue weighted by Gasteiger charge is 2.31. The van der Waals surface area contributed by atoms with E-state index in [2.05, 4.69) is 16.1 Å². The summed E-state index contributed by atoms with van der Waals surface area (Å²) in [5.74, 6) is 0.986. The molecule has 24 heavy (non-hydrogen) atoms. The number of ether oxygens (including phenoxy) is 1. The molecule has 1 N–H and O–H groups in total. The normalized spacial score (nSPS) is 22.3. The molecule has 2 aliphatic heterocycles. The first kappa shape index (κ1) is 15.3. The van der Waals surface area contributed by atoms with E-state index in [4.69, 9.17) is 0 Å². The molecule has 2 atom stereocenters. The third-order valence-electron chi connectivity index (χ3n) is 4.87. The van der Waals surface area contributed by atoms with Crippen LogP contribution in [-0.4, -0.2) is 24.3 Å². The molecule has 1 fully saturated rings. The monoisotopic (exact) mass is 332 g/mol. The fraction of sp³-hybridized carbons (Fsp3) is 0.389. The maximum atomic E-state index is 12.5. The summed E-state index contributed by atoms with van der Waals surface area (Å²) in [4.78, 5) is 12.5. The van der Waals surface area contributed by atoms with Gasteiger partial charge in [-0.1, -0.05) is 12.1 Å². The average Bonchev–Trinajstić information content (AvgIpc) is 2.56. The standard InChI is InChI=1S/C18H18F2N2O2/c19-18(20)24-15-3-1-12(2-4-15)13-6-16-14-5-11(8-21-9-14)10-22(16)17(23)7-13/h1-4,6-7,11,14,18,21H,5,8-10H2/t11-,14+/m0/s1. The molecule has 6 heteroatoms. The second kappa shape index (κ2) is 6.02. The van der Waals surface area contributed by atoms with Gasteiger partial charge in [-0.3, -0.25) is 4.79 Å². The van der Waals surface area contributed by atoms with Gasteiger partial charge in [0.1, 0.15) is 5.75 Å². The number of piperidine rings is 1. The van der Waals surface area contributed by atoms with Crippen LogP contribution in [0.3, 0.4) is 0 Å². The van der Waals surface area contributed by atoms with Crippen LogP contribution >= 0.6 is 0 Å². The molecule has 126 valence electrons. The van der Waals surface area contributed by atoms with Crippen molar-refractivity contribution in [1.29, 1.82) is 0 Å². The molecule has 0 unspecified atom stereocenters. The minimum absolute atomic E-state index is 0.00649. The van der Waals surface area contributed by atoms with Crippen molar-refractivity contribution in [3.8, 4) is 16.9 Å². The van der Waals surface area contributed by atoms with E-state index in [0.717, 1.165) is 42.9 Å². The van der Waals surface area contributed by atoms with Gasteiger partial charge in [0, 0.05) is 30.8 Å². The van der Waals surface area contributed by atoms with Crippen molar-refractivity contribution in [1.82, 2.24) is 9.88 Å². The van der Waals surface area contributed by atoms with Crippen LogP contribution in [0.15, 0.2) is 41.2 Å². The lowest BCUT2D eigenvalue weighted by molar-refractivity contribution is -0.0498. The smallest absolute Gasteiger partial charge is 0.387 e. The molecule has 4 nitrogen and oxygen atoms in total. The Morgan fingerprint density at radius 1 is 1.12 bits per heavy atom. The summed E-state index contributed by atoms with van der Waals surface area (Å²) < 4.78 is 30.7. The summed E-state index contributed by atoms with van der Waals surface area (Å²) >= 11 is 0. The summed E-state index contributed by atoms with van der Waals surface area (Å²) in [7, 11) is 0. The lowest BCUT2D eigenvalue weighted by atomic mass is 9.83. The Bertz CT molecular complexity index is 802. The number of hydrogen-bond donors (Lipinski definition) is 1. The number of nitrogens with zero attached hydrogens (tertiary/aromatic N) is 1. The highest BCUT2D eigenvalue weighted by Crippen LogP contribution is 2.34. The van der Waals surface area contributed by atoms with Gasteiger partial charge in [-0.15, -0.1) is 0 Å². The molecule has 4 rings (SSSR count). The molecule has 0 aliphatic carbocycles. The predicted molar refractivity (Wildman–Crippen MR) is 86.5 cm³/mol. The van der Waals surface area contributed by atoms with E-state index in [0.29, 0.717) is 11.8 Å². The molecular formula is C18H18F2N2O2. The van der Waals surface area contributed by atoms with Crippen molar-refractivity contribution in [3.63, 3.8) is 0 Å². The molecule has 0 radical (unpaired) electrons. The Hall–Kier alpha value is -2.21. The third kappa shape index (κ3) is 2.82. The number of halogens is 2. The van der Waals surface area contributed by atoms with Gasteiger partial charge in [0.25, 0.3) is 5.56 Å². The predicted octanol–water partition coefficient (Wildman–Crippen LogP) is 2.82. The van der Waals surface area contributed by atoms with Gasteiger partial charge < -0.3 is 14.6 Å². The van der Waals surface area contributed by atoms with Crippen LogP contribution in [0.2, 0.25) is 0 Å². The van der Waals surface area contributed by atoms with E-state index in [1.807, 2.05) is 4.57 Å². The number of pyridine rings is 1. The zero-order valence-corrected chi connectivity index (χ0v) is 13.0. The zero-order valence-electron chi connectivity index (χ0n) is 13.0. The molecule has 2 aliphatic rings. The second-order valence-electron chi connectivity index (χ2n) is 6.48. The summed E-state index contributed by atoms with van der Waals surface area (Å²) in [6.45, 7) is -0.217. The van der Waals surface area contributed by atoms with Gasteiger partial charge in [-0.25, -0.2) is 0 Å². The maximum absolute atomic E-state index is 12.5. The van der Waals surface area contributed by atoms with Gasteiger partial charge in [0.2, 0.25) is 0 Å². The van der Waals surface area contributed by atoms with Crippen molar-refractivity contribution in [2.75, 3.05) is 13.1 Å². The summed E-state index contributed by atoms with van der Waals surface area (Å²) in [6, 6.07) is 10.1. The molecule has 0 spiro atoms. The van der Waals surface area contributed by atoms with Crippen molar-refractivity contribution >= 4 is 0 Å². The lowest BCUT2D eigenvalue weighted by Crippen LogP contribution is -2.44. The number of aromatic nitrogens is 1. The lowest BCUT2D eigenvalue weighted by Gasteiger charge is -2.37. The van der Waals surface area contributed by atoms with E-state index >= 15 is 0 Å². The largest absolute Gasteiger partial charge is 0.435 e. The first-order valence-electron chi connectivity index (χ1n) is 8.11. The fourth-order valence-electron chi connectivity index (χ4n) is 3.80. The zero-order chi connectivity index (χ0) is 16.7. The van der Waals surface area contributed by atoms with Crippen molar-refractivity contribution in [2.45, 2.75) is 25.5 Å². The molecular weight excluding hydrogens is 314 g/mol. The molecule has 1 aromatic heterocycles. The Morgan fingerprint density at radius 3 is 2.67 bits per heavy atom. The van der Waals surface area contributed by atoms with E-state index in [-0.39, 0.29) is 11.3 Å². The third-order valence-corrected chi connectivity index (χ3v) is 4.87. The maximum Gasteiger partial charge on any atom is 0.387 e. The average molecular weight is 332 g/mol. The SMILES string of the molecule is O=c1cc(-c2ccc(OC(F)F)cc2)cc2n1C[C@@H]1CNC[C@H]2C1. The number of rotatable bonds is 3. The van der Waals surface area contributed by atoms with E-state index < -0.39 is 6.61 Å². The first-order chi connectivity index (χ1) is 11.6. The van der Waals surface area contributed by atoms with Gasteiger partial charge in [0.15, 0.2) is 0 Å². The second-order valence-corrected chi connectivity index (χ2v) is 6.48. The van der Waals surface area contributed by atoms with E-state index in [9.17, 15) is 13.6 Å². The molecule has 0 saturated carbocycles. The van der Waals surface area contributed by atoms with Gasteiger partial charge in [-0.05, 0) is 48.2 Å². The van der Waals surface area contributed by atoms with Crippen LogP contribution in [0.1, 0.15) is 18.0 Å². The number of nitrogens with one attached hydrogen (secondary N) is 1. The quantitative estimate of drug-likeness (QED) is 0.940. The van der Waals surface area contributed by atoms with Crippen LogP contribution < -0.4 is 15.6 Å². The molecule has 2 bridgehead atoms. The molecule has 2 aromatic rings. The summed E-state index contributed by atoms with van der Waals surface area (Å²) in [5.41, 5.74) is 2.71. The van der Waals surface area contributed by atoms with Crippen LogP contribution in [-0.2, 0) is 6.54 Å². The van der Waals surface area contributed by atoms with Gasteiger partial charge in [0.05, 0.1) is 0 Å². The van der Waals surface area contributed by atoms with Crippen molar-refractivity contribution in [2.24, 2.45) is 5.92 Å². The van der Waals surface area contributed by atoms with Gasteiger partial charge >= 0.3 is 6.61 Å². The summed E-state index contributed by atoms with van der Waals surface area (Å²) in [5, 5.41) is 3.43. The summed E-state index contributed by atoms with van der Waals surface area (Å²) in [6.07, 6.45) is 1.11. The Kier molecular flexibility index (Phi) is 3.84. The Labute approximate surface area is 138 Å². The minimum Gasteiger partial charge on any atom is -0.435 e. The van der Waals surface area contributed by atoms with Crippen molar-refractivity contribution < 1.29 is 13.5 Å². The molecule has 1 aromatic carbocycles.